The van der Waals surface area contributed by atoms with Gasteiger partial charge in [-0.15, -0.1) is 0 Å². The van der Waals surface area contributed by atoms with Crippen LogP contribution in [0.4, 0.5) is 4.39 Å². The van der Waals surface area contributed by atoms with E-state index in [-0.39, 0.29) is 33.9 Å². The SMILES string of the molecule is C=N/C(C(=O)N[C@@H](C)C(=O)O[C@@H](C)[C@H](Oc1cc(F)cc(Cl)c1)C(CC)CC)=C(OCOC(C)=O)\C(=C/C)OC. The third-order valence-electron chi connectivity index (χ3n) is 5.85. The summed E-state index contributed by atoms with van der Waals surface area (Å²) in [5.41, 5.74) is -0.309. The van der Waals surface area contributed by atoms with Gasteiger partial charge in [0.05, 0.1) is 7.11 Å². The summed E-state index contributed by atoms with van der Waals surface area (Å²) in [6.45, 7) is 12.7. The molecule has 1 rings (SSSR count). The molecule has 0 fully saturated rings. The number of benzene rings is 1. The van der Waals surface area contributed by atoms with Crippen molar-refractivity contribution in [2.75, 3.05) is 13.9 Å². The molecule has 0 aromatic heterocycles. The number of nitrogens with zero attached hydrogens (tertiary/aromatic N) is 1. The first-order valence-corrected chi connectivity index (χ1v) is 13.1. The van der Waals surface area contributed by atoms with Gasteiger partial charge in [0.1, 0.15) is 29.8 Å². The highest BCUT2D eigenvalue weighted by Gasteiger charge is 2.32. The summed E-state index contributed by atoms with van der Waals surface area (Å²) >= 11 is 5.97. The average Bonchev–Trinajstić information content (AvgIpc) is 2.88. The van der Waals surface area contributed by atoms with Gasteiger partial charge in [-0.2, -0.15) is 0 Å². The standard InChI is InChI=1S/C28H38ClFN2O8/c1-9-19(10-2)25(40-22-13-20(29)12-21(30)14-22)17(5)39-28(35)16(4)32-27(34)24(31-7)26(23(11-3)36-8)38-15-37-18(6)33/h11-14,16-17,19,25H,7,9-10,15H2,1-6,8H3,(H,32,34)/b23-11+,26-24+/t16-,17-,25-/m0/s1. The van der Waals surface area contributed by atoms with Gasteiger partial charge in [-0.3, -0.25) is 14.6 Å². The predicted octanol–water partition coefficient (Wildman–Crippen LogP) is 5.10. The van der Waals surface area contributed by atoms with Crippen LogP contribution in [0.5, 0.6) is 5.75 Å². The van der Waals surface area contributed by atoms with E-state index in [0.717, 1.165) is 6.07 Å². The number of ether oxygens (including phenoxy) is 5. The zero-order valence-electron chi connectivity index (χ0n) is 23.9. The molecule has 222 valence electrons. The highest BCUT2D eigenvalue weighted by Crippen LogP contribution is 2.27. The first-order valence-electron chi connectivity index (χ1n) is 12.7. The van der Waals surface area contributed by atoms with Crippen LogP contribution < -0.4 is 10.1 Å². The molecule has 0 saturated heterocycles. The lowest BCUT2D eigenvalue weighted by molar-refractivity contribution is -0.157. The van der Waals surface area contributed by atoms with Gasteiger partial charge in [-0.1, -0.05) is 25.4 Å². The normalized spacial score (nSPS) is 14.3. The minimum atomic E-state index is -1.12. The zero-order valence-corrected chi connectivity index (χ0v) is 24.7. The Bertz CT molecular complexity index is 1080. The lowest BCUT2D eigenvalue weighted by Gasteiger charge is -2.31. The van der Waals surface area contributed by atoms with E-state index in [9.17, 15) is 18.8 Å². The summed E-state index contributed by atoms with van der Waals surface area (Å²) in [7, 11) is 1.35. The van der Waals surface area contributed by atoms with Crippen molar-refractivity contribution >= 4 is 36.2 Å². The largest absolute Gasteiger partial charge is 0.493 e. The molecule has 1 amide bonds. The van der Waals surface area contributed by atoms with E-state index >= 15 is 0 Å². The fourth-order valence-electron chi connectivity index (χ4n) is 3.77. The molecular formula is C28H38ClFN2O8. The van der Waals surface area contributed by atoms with Crippen molar-refractivity contribution in [2.24, 2.45) is 10.9 Å². The first-order chi connectivity index (χ1) is 18.9. The van der Waals surface area contributed by atoms with E-state index in [1.165, 1.54) is 39.2 Å². The quantitative estimate of drug-likeness (QED) is 0.0711. The Labute approximate surface area is 239 Å². The van der Waals surface area contributed by atoms with Crippen molar-refractivity contribution in [3.8, 4) is 5.75 Å². The molecule has 1 aromatic rings. The number of esters is 2. The number of hydrogen-bond acceptors (Lipinski definition) is 9. The van der Waals surface area contributed by atoms with Crippen molar-refractivity contribution in [2.45, 2.75) is 72.6 Å². The second kappa shape index (κ2) is 17.2. The Morgan fingerprint density at radius 3 is 2.30 bits per heavy atom. The first kappa shape index (κ1) is 34.4. The van der Waals surface area contributed by atoms with E-state index in [1.807, 2.05) is 13.8 Å². The van der Waals surface area contributed by atoms with Crippen LogP contribution in [0.15, 0.2) is 46.5 Å². The van der Waals surface area contributed by atoms with Gasteiger partial charge in [0, 0.05) is 18.0 Å². The monoisotopic (exact) mass is 584 g/mol. The van der Waals surface area contributed by atoms with Crippen molar-refractivity contribution in [3.05, 3.63) is 52.3 Å². The molecular weight excluding hydrogens is 547 g/mol. The summed E-state index contributed by atoms with van der Waals surface area (Å²) in [6.07, 6.45) is 1.54. The van der Waals surface area contributed by atoms with Crippen molar-refractivity contribution in [1.82, 2.24) is 5.32 Å². The maximum atomic E-state index is 13.9. The molecule has 0 aliphatic rings. The van der Waals surface area contributed by atoms with Gasteiger partial charge in [0.15, 0.2) is 17.2 Å². The second-order valence-corrected chi connectivity index (χ2v) is 9.13. The highest BCUT2D eigenvalue weighted by molar-refractivity contribution is 6.30. The predicted molar refractivity (Wildman–Crippen MR) is 148 cm³/mol. The Morgan fingerprint density at radius 1 is 1.15 bits per heavy atom. The summed E-state index contributed by atoms with van der Waals surface area (Å²) in [5, 5.41) is 2.67. The third-order valence-corrected chi connectivity index (χ3v) is 6.07. The van der Waals surface area contributed by atoms with Crippen molar-refractivity contribution in [3.63, 3.8) is 0 Å². The average molecular weight is 585 g/mol. The molecule has 0 unspecified atom stereocenters. The Balaban J connectivity index is 3.11. The Morgan fingerprint density at radius 2 is 1.80 bits per heavy atom. The van der Waals surface area contributed by atoms with E-state index in [4.69, 9.17) is 35.3 Å². The number of aliphatic imine (C=N–C) groups is 1. The maximum Gasteiger partial charge on any atom is 0.328 e. The van der Waals surface area contributed by atoms with Crippen LogP contribution in [0.1, 0.15) is 54.4 Å². The molecule has 0 aliphatic heterocycles. The smallest absolute Gasteiger partial charge is 0.328 e. The van der Waals surface area contributed by atoms with Gasteiger partial charge in [0.2, 0.25) is 6.79 Å². The molecule has 0 saturated carbocycles. The number of rotatable bonds is 16. The molecule has 1 N–H and O–H groups in total. The molecule has 1 aromatic carbocycles. The van der Waals surface area contributed by atoms with Crippen LogP contribution in [-0.4, -0.2) is 56.7 Å². The molecule has 0 bridgehead atoms. The lowest BCUT2D eigenvalue weighted by Crippen LogP contribution is -2.45. The third kappa shape index (κ3) is 10.5. The fourth-order valence-corrected chi connectivity index (χ4v) is 3.99. The minimum Gasteiger partial charge on any atom is -0.493 e. The molecule has 0 spiro atoms. The number of allylic oxidation sites excluding steroid dienone is 1. The summed E-state index contributed by atoms with van der Waals surface area (Å²) < 4.78 is 41.0. The van der Waals surface area contributed by atoms with E-state index in [0.29, 0.717) is 12.8 Å². The number of nitrogens with one attached hydrogen (secondary N) is 1. The Hall–Kier alpha value is -3.60. The van der Waals surface area contributed by atoms with Gasteiger partial charge in [-0.05, 0) is 64.5 Å². The molecule has 40 heavy (non-hydrogen) atoms. The number of carbonyl (C=O) groups excluding carboxylic acids is 3. The van der Waals surface area contributed by atoms with Gasteiger partial charge < -0.3 is 29.0 Å². The van der Waals surface area contributed by atoms with Crippen LogP contribution in [0.2, 0.25) is 5.02 Å². The van der Waals surface area contributed by atoms with Crippen molar-refractivity contribution in [1.29, 1.82) is 0 Å². The minimum absolute atomic E-state index is 0.0283. The molecule has 12 heteroatoms. The van der Waals surface area contributed by atoms with Crippen molar-refractivity contribution < 1.29 is 42.5 Å². The highest BCUT2D eigenvalue weighted by atomic mass is 35.5. The summed E-state index contributed by atoms with van der Waals surface area (Å²) in [4.78, 5) is 40.8. The molecule has 0 heterocycles. The van der Waals surface area contributed by atoms with Crippen LogP contribution in [-0.2, 0) is 33.3 Å². The lowest BCUT2D eigenvalue weighted by atomic mass is 9.93. The fraction of sp³-hybridized carbons (Fsp3) is 0.500. The van der Waals surface area contributed by atoms with Gasteiger partial charge in [0.25, 0.3) is 5.91 Å². The van der Waals surface area contributed by atoms with E-state index in [1.54, 1.807) is 13.8 Å². The number of amides is 1. The topological polar surface area (TPSA) is 122 Å². The second-order valence-electron chi connectivity index (χ2n) is 8.69. The number of methoxy groups -OCH3 is 1. The summed E-state index contributed by atoms with van der Waals surface area (Å²) in [5.74, 6) is -2.57. The van der Waals surface area contributed by atoms with Crippen LogP contribution in [0.3, 0.4) is 0 Å². The molecule has 3 atom stereocenters. The molecule has 0 aliphatic carbocycles. The van der Waals surface area contributed by atoms with Crippen LogP contribution in [0, 0.1) is 11.7 Å². The number of halogens is 2. The Kier molecular flexibility index (Phi) is 14.8. The maximum absolute atomic E-state index is 13.9. The number of hydrogen-bond donors (Lipinski definition) is 1. The van der Waals surface area contributed by atoms with Crippen LogP contribution >= 0.6 is 11.6 Å². The van der Waals surface area contributed by atoms with E-state index < -0.39 is 48.7 Å². The molecule has 10 nitrogen and oxygen atoms in total. The van der Waals surface area contributed by atoms with Crippen LogP contribution in [0.25, 0.3) is 0 Å². The zero-order chi connectivity index (χ0) is 30.4. The van der Waals surface area contributed by atoms with Gasteiger partial charge in [-0.25, -0.2) is 9.18 Å². The molecule has 0 radical (unpaired) electrons. The summed E-state index contributed by atoms with van der Waals surface area (Å²) in [6, 6.07) is 2.72. The van der Waals surface area contributed by atoms with Gasteiger partial charge >= 0.3 is 11.9 Å². The number of carbonyl (C=O) groups is 3. The van der Waals surface area contributed by atoms with E-state index in [2.05, 4.69) is 17.0 Å².